The summed E-state index contributed by atoms with van der Waals surface area (Å²) < 4.78 is 2.60. The summed E-state index contributed by atoms with van der Waals surface area (Å²) in [6, 6.07) is 66.9. The van der Waals surface area contributed by atoms with E-state index >= 15 is 0 Å². The Morgan fingerprint density at radius 2 is 0.855 bits per heavy atom. The highest BCUT2D eigenvalue weighted by atomic mass is 32.1. The first-order chi connectivity index (χ1) is 27.2. The predicted octanol–water partition coefficient (Wildman–Crippen LogP) is 14.0. The van der Waals surface area contributed by atoms with E-state index in [9.17, 15) is 0 Å². The molecule has 0 N–H and O–H groups in total. The molecule has 9 aromatic carbocycles. The fourth-order valence-electron chi connectivity index (χ4n) is 8.08. The van der Waals surface area contributed by atoms with Crippen molar-refractivity contribution in [2.45, 2.75) is 0 Å². The van der Waals surface area contributed by atoms with Gasteiger partial charge in [-0.3, -0.25) is 0 Å². The molecule has 2 aromatic heterocycles. The van der Waals surface area contributed by atoms with E-state index in [1.54, 1.807) is 0 Å². The lowest BCUT2D eigenvalue weighted by Gasteiger charge is -2.14. The zero-order valence-electron chi connectivity index (χ0n) is 29.6. The van der Waals surface area contributed by atoms with Crippen LogP contribution in [0.4, 0.5) is 0 Å². The quantitative estimate of drug-likeness (QED) is 0.131. The Kier molecular flexibility index (Phi) is 7.35. The fraction of sp³-hybridized carbons (Fsp3) is 0. The van der Waals surface area contributed by atoms with Gasteiger partial charge in [0.15, 0.2) is 17.5 Å². The summed E-state index contributed by atoms with van der Waals surface area (Å²) in [5.41, 5.74) is 7.62. The molecule has 2 heterocycles. The Morgan fingerprint density at radius 3 is 1.58 bits per heavy atom. The second-order valence-corrected chi connectivity index (χ2v) is 15.0. The molecule has 11 rings (SSSR count). The lowest BCUT2D eigenvalue weighted by molar-refractivity contribution is 1.07. The lowest BCUT2D eigenvalue weighted by Crippen LogP contribution is -2.00. The summed E-state index contributed by atoms with van der Waals surface area (Å²) in [6.45, 7) is 0. The number of hydrogen-bond donors (Lipinski definition) is 0. The van der Waals surface area contributed by atoms with Crippen LogP contribution in [-0.2, 0) is 0 Å². The first-order valence-corrected chi connectivity index (χ1v) is 19.3. The topological polar surface area (TPSA) is 38.7 Å². The largest absolute Gasteiger partial charge is 0.208 e. The molecule has 0 saturated carbocycles. The first-order valence-electron chi connectivity index (χ1n) is 18.5. The molecule has 4 heteroatoms. The van der Waals surface area contributed by atoms with Crippen LogP contribution in [0.5, 0.6) is 0 Å². The van der Waals surface area contributed by atoms with Crippen molar-refractivity contribution in [3.8, 4) is 56.4 Å². The Balaban J connectivity index is 1.02. The molecule has 0 saturated heterocycles. The highest BCUT2D eigenvalue weighted by Gasteiger charge is 2.16. The Morgan fingerprint density at radius 1 is 0.309 bits per heavy atom. The highest BCUT2D eigenvalue weighted by molar-refractivity contribution is 7.25. The average molecular weight is 718 g/mol. The van der Waals surface area contributed by atoms with Crippen molar-refractivity contribution in [1.82, 2.24) is 15.0 Å². The van der Waals surface area contributed by atoms with Crippen molar-refractivity contribution in [1.29, 1.82) is 0 Å². The summed E-state index contributed by atoms with van der Waals surface area (Å²) >= 11 is 1.84. The highest BCUT2D eigenvalue weighted by Crippen LogP contribution is 2.42. The van der Waals surface area contributed by atoms with Gasteiger partial charge in [0.1, 0.15) is 0 Å². The molecule has 0 bridgehead atoms. The zero-order chi connectivity index (χ0) is 36.3. The zero-order valence-corrected chi connectivity index (χ0v) is 30.5. The van der Waals surface area contributed by atoms with Crippen molar-refractivity contribution in [3.05, 3.63) is 188 Å². The molecule has 0 atom stereocenters. The minimum absolute atomic E-state index is 0.641. The van der Waals surface area contributed by atoms with Crippen LogP contribution in [-0.4, -0.2) is 15.0 Å². The molecular weight excluding hydrogens is 687 g/mol. The summed E-state index contributed by atoms with van der Waals surface area (Å²) in [4.78, 5) is 15.2. The number of benzene rings is 9. The molecule has 0 spiro atoms. The standard InChI is InChI=1S/C51H31N3S/c1-2-12-35(13-3-1)49-52-50(36-25-21-33(22-26-36)40-18-10-20-46-48(40)43-17-8-9-19-45(43)55-46)54-51(53-49)37-27-23-34(24-28-37)47-41-16-7-5-14-38(41)31-44-39-15-6-4-11-32(39)29-30-42(44)47/h1-31H. The van der Waals surface area contributed by atoms with E-state index in [0.29, 0.717) is 17.5 Å². The molecule has 0 amide bonds. The molecule has 0 fully saturated rings. The molecule has 0 aliphatic heterocycles. The Labute approximate surface area is 321 Å². The molecule has 3 nitrogen and oxygen atoms in total. The van der Waals surface area contributed by atoms with E-state index in [2.05, 4.69) is 170 Å². The van der Waals surface area contributed by atoms with Gasteiger partial charge < -0.3 is 0 Å². The smallest absolute Gasteiger partial charge is 0.164 e. The second kappa shape index (κ2) is 12.8. The van der Waals surface area contributed by atoms with Crippen LogP contribution < -0.4 is 0 Å². The number of hydrogen-bond acceptors (Lipinski definition) is 4. The fourth-order valence-corrected chi connectivity index (χ4v) is 9.21. The monoisotopic (exact) mass is 717 g/mol. The predicted molar refractivity (Wildman–Crippen MR) is 232 cm³/mol. The number of fused-ring (bicyclic) bond motifs is 7. The maximum absolute atomic E-state index is 5.10. The molecule has 256 valence electrons. The van der Waals surface area contributed by atoms with Crippen molar-refractivity contribution in [2.75, 3.05) is 0 Å². The van der Waals surface area contributed by atoms with Gasteiger partial charge in [-0.1, -0.05) is 170 Å². The summed E-state index contributed by atoms with van der Waals surface area (Å²) in [6.07, 6.45) is 0. The van der Waals surface area contributed by atoms with Gasteiger partial charge in [0.25, 0.3) is 0 Å². The molecule has 0 radical (unpaired) electrons. The van der Waals surface area contributed by atoms with Crippen molar-refractivity contribution in [2.24, 2.45) is 0 Å². The molecular formula is C51H31N3S. The number of nitrogens with zero attached hydrogens (tertiary/aromatic N) is 3. The van der Waals surface area contributed by atoms with Gasteiger partial charge in [0, 0.05) is 36.9 Å². The normalized spacial score (nSPS) is 11.6. The number of rotatable bonds is 5. The molecule has 11 aromatic rings. The molecule has 55 heavy (non-hydrogen) atoms. The molecule has 0 unspecified atom stereocenters. The van der Waals surface area contributed by atoms with E-state index in [0.717, 1.165) is 22.3 Å². The summed E-state index contributed by atoms with van der Waals surface area (Å²) in [5, 5.41) is 10.1. The van der Waals surface area contributed by atoms with Gasteiger partial charge in [-0.15, -0.1) is 11.3 Å². The maximum atomic E-state index is 5.10. The van der Waals surface area contributed by atoms with E-state index in [4.69, 9.17) is 15.0 Å². The third kappa shape index (κ3) is 5.38. The van der Waals surface area contributed by atoms with Gasteiger partial charge >= 0.3 is 0 Å². The lowest BCUT2D eigenvalue weighted by atomic mass is 9.89. The van der Waals surface area contributed by atoms with Crippen molar-refractivity contribution >= 4 is 63.8 Å². The summed E-state index contributed by atoms with van der Waals surface area (Å²) in [5.74, 6) is 1.93. The van der Waals surface area contributed by atoms with Crippen LogP contribution in [0.1, 0.15) is 0 Å². The number of thiophene rings is 1. The Bertz CT molecular complexity index is 3240. The van der Waals surface area contributed by atoms with Gasteiger partial charge in [-0.2, -0.15) is 0 Å². The first kappa shape index (κ1) is 31.5. The van der Waals surface area contributed by atoms with Crippen LogP contribution in [0.3, 0.4) is 0 Å². The van der Waals surface area contributed by atoms with Gasteiger partial charge in [-0.05, 0) is 72.8 Å². The van der Waals surface area contributed by atoms with Crippen molar-refractivity contribution in [3.63, 3.8) is 0 Å². The van der Waals surface area contributed by atoms with Crippen molar-refractivity contribution < 1.29 is 0 Å². The SMILES string of the molecule is c1ccc(-c2nc(-c3ccc(-c4c5ccccc5cc5c4ccc4ccccc45)cc3)nc(-c3ccc(-c4cccc5sc6ccccc6c45)cc3)n2)cc1. The maximum Gasteiger partial charge on any atom is 0.164 e. The van der Waals surface area contributed by atoms with Crippen LogP contribution >= 0.6 is 11.3 Å². The van der Waals surface area contributed by atoms with E-state index in [1.165, 1.54) is 69.2 Å². The third-order valence-corrected chi connectivity index (χ3v) is 11.9. The van der Waals surface area contributed by atoms with Gasteiger partial charge in [0.05, 0.1) is 0 Å². The molecule has 0 aliphatic rings. The van der Waals surface area contributed by atoms with Gasteiger partial charge in [0.2, 0.25) is 0 Å². The third-order valence-electron chi connectivity index (χ3n) is 10.7. The average Bonchev–Trinajstić information content (AvgIpc) is 3.65. The van der Waals surface area contributed by atoms with E-state index in [1.807, 2.05) is 29.5 Å². The number of aromatic nitrogens is 3. The van der Waals surface area contributed by atoms with Crippen LogP contribution in [0, 0.1) is 0 Å². The summed E-state index contributed by atoms with van der Waals surface area (Å²) in [7, 11) is 0. The van der Waals surface area contributed by atoms with Gasteiger partial charge in [-0.25, -0.2) is 15.0 Å². The second-order valence-electron chi connectivity index (χ2n) is 14.0. The van der Waals surface area contributed by atoms with Crippen LogP contribution in [0.15, 0.2) is 188 Å². The van der Waals surface area contributed by atoms with E-state index in [-0.39, 0.29) is 0 Å². The molecule has 0 aliphatic carbocycles. The minimum Gasteiger partial charge on any atom is -0.208 e. The van der Waals surface area contributed by atoms with Crippen LogP contribution in [0.2, 0.25) is 0 Å². The van der Waals surface area contributed by atoms with Crippen LogP contribution in [0.25, 0.3) is 109 Å². The minimum atomic E-state index is 0.641. The Hall–Kier alpha value is -7.01. The van der Waals surface area contributed by atoms with E-state index < -0.39 is 0 Å².